The molecule has 0 saturated heterocycles. The van der Waals surface area contributed by atoms with Crippen LogP contribution in [0, 0.1) is 5.41 Å². The Morgan fingerprint density at radius 3 is 2.59 bits per heavy atom. The first kappa shape index (κ1) is 23.5. The number of rotatable bonds is 7. The third-order valence-corrected chi connectivity index (χ3v) is 4.75. The second-order valence-corrected chi connectivity index (χ2v) is 6.91. The number of amides is 1. The first-order chi connectivity index (χ1) is 12.5. The predicted molar refractivity (Wildman–Crippen MR) is 119 cm³/mol. The zero-order valence-corrected chi connectivity index (χ0v) is 19.1. The van der Waals surface area contributed by atoms with Gasteiger partial charge in [0.25, 0.3) is 0 Å². The van der Waals surface area contributed by atoms with Crippen LogP contribution in [0.2, 0.25) is 0 Å². The minimum atomic E-state index is -0.325. The molecule has 1 aliphatic carbocycles. The number of pyridine rings is 1. The molecular weight excluding hydrogens is 457 g/mol. The van der Waals surface area contributed by atoms with Gasteiger partial charge >= 0.3 is 0 Å². The molecule has 0 bridgehead atoms. The van der Waals surface area contributed by atoms with Gasteiger partial charge in [0.15, 0.2) is 5.96 Å². The molecule has 152 valence electrons. The van der Waals surface area contributed by atoms with Crippen LogP contribution in [0.25, 0.3) is 0 Å². The minimum absolute atomic E-state index is 0. The molecular formula is C19H32IN5O2. The highest BCUT2D eigenvalue weighted by Gasteiger charge is 2.42. The SMILES string of the molecule is CCNC(=NCc1cccc(OC)n1)NCC1(C(=O)N(C)C)CCCC1.I. The fraction of sp³-hybridized carbons (Fsp3) is 0.632. The maximum atomic E-state index is 12.7. The summed E-state index contributed by atoms with van der Waals surface area (Å²) in [5.41, 5.74) is 0.509. The van der Waals surface area contributed by atoms with Crippen molar-refractivity contribution >= 4 is 35.8 Å². The molecule has 7 nitrogen and oxygen atoms in total. The summed E-state index contributed by atoms with van der Waals surface area (Å²) in [4.78, 5) is 23.4. The molecule has 1 aliphatic rings. The summed E-state index contributed by atoms with van der Waals surface area (Å²) in [5.74, 6) is 1.49. The van der Waals surface area contributed by atoms with Crippen LogP contribution < -0.4 is 15.4 Å². The molecule has 1 saturated carbocycles. The number of carbonyl (C=O) groups excluding carboxylic acids is 1. The monoisotopic (exact) mass is 489 g/mol. The predicted octanol–water partition coefficient (Wildman–Crippen LogP) is 2.41. The van der Waals surface area contributed by atoms with Crippen molar-refractivity contribution in [2.45, 2.75) is 39.2 Å². The van der Waals surface area contributed by atoms with Crippen molar-refractivity contribution in [3.63, 3.8) is 0 Å². The summed E-state index contributed by atoms with van der Waals surface area (Å²) in [7, 11) is 5.26. The van der Waals surface area contributed by atoms with Gasteiger partial charge in [-0.05, 0) is 25.8 Å². The van der Waals surface area contributed by atoms with Crippen LogP contribution in [0.1, 0.15) is 38.3 Å². The van der Waals surface area contributed by atoms with Gasteiger partial charge < -0.3 is 20.3 Å². The lowest BCUT2D eigenvalue weighted by atomic mass is 9.84. The average molecular weight is 489 g/mol. The highest BCUT2D eigenvalue weighted by molar-refractivity contribution is 14.0. The van der Waals surface area contributed by atoms with Crippen LogP contribution in [0.5, 0.6) is 5.88 Å². The van der Waals surface area contributed by atoms with E-state index in [0.717, 1.165) is 37.9 Å². The number of halogens is 1. The van der Waals surface area contributed by atoms with E-state index in [1.807, 2.05) is 39.2 Å². The average Bonchev–Trinajstić information content (AvgIpc) is 3.13. The standard InChI is InChI=1S/C19H31N5O2.HI/c1-5-20-18(21-13-15-9-8-10-16(23-15)26-4)22-14-19(11-6-7-12-19)17(25)24(2)3;/h8-10H,5-7,11-14H2,1-4H3,(H2,20,21,22);1H. The molecule has 2 rings (SSSR count). The third kappa shape index (κ3) is 6.51. The molecule has 8 heteroatoms. The molecule has 27 heavy (non-hydrogen) atoms. The lowest BCUT2D eigenvalue weighted by Crippen LogP contribution is -2.49. The Morgan fingerprint density at radius 2 is 2.00 bits per heavy atom. The second kappa shape index (κ2) is 11.3. The fourth-order valence-corrected chi connectivity index (χ4v) is 3.41. The molecule has 0 spiro atoms. The molecule has 1 heterocycles. The van der Waals surface area contributed by atoms with Gasteiger partial charge in [-0.3, -0.25) is 4.79 Å². The van der Waals surface area contributed by atoms with Crippen molar-refractivity contribution in [2.75, 3.05) is 34.3 Å². The van der Waals surface area contributed by atoms with Gasteiger partial charge in [-0.1, -0.05) is 18.9 Å². The summed E-state index contributed by atoms with van der Waals surface area (Å²) in [5, 5.41) is 6.62. The summed E-state index contributed by atoms with van der Waals surface area (Å²) >= 11 is 0. The van der Waals surface area contributed by atoms with E-state index >= 15 is 0 Å². The number of aromatic nitrogens is 1. The van der Waals surface area contributed by atoms with Crippen LogP contribution in [-0.2, 0) is 11.3 Å². The largest absolute Gasteiger partial charge is 0.481 e. The van der Waals surface area contributed by atoms with E-state index in [1.165, 1.54) is 0 Å². The zero-order chi connectivity index (χ0) is 19.0. The van der Waals surface area contributed by atoms with Crippen LogP contribution >= 0.6 is 24.0 Å². The highest BCUT2D eigenvalue weighted by Crippen LogP contribution is 2.38. The van der Waals surface area contributed by atoms with E-state index in [2.05, 4.69) is 20.6 Å². The van der Waals surface area contributed by atoms with E-state index in [1.54, 1.807) is 12.0 Å². The number of nitrogens with zero attached hydrogens (tertiary/aromatic N) is 3. The Morgan fingerprint density at radius 1 is 1.30 bits per heavy atom. The number of carbonyl (C=O) groups is 1. The lowest BCUT2D eigenvalue weighted by Gasteiger charge is -2.31. The molecule has 0 radical (unpaired) electrons. The summed E-state index contributed by atoms with van der Waals surface area (Å²) in [6, 6.07) is 5.64. The number of nitrogens with one attached hydrogen (secondary N) is 2. The van der Waals surface area contributed by atoms with Crippen LogP contribution in [0.4, 0.5) is 0 Å². The molecule has 0 unspecified atom stereocenters. The van der Waals surface area contributed by atoms with Gasteiger partial charge in [-0.2, -0.15) is 0 Å². The van der Waals surface area contributed by atoms with Crippen molar-refractivity contribution in [3.8, 4) is 5.88 Å². The Kier molecular flexibility index (Phi) is 9.82. The number of methoxy groups -OCH3 is 1. The Bertz CT molecular complexity index is 630. The van der Waals surface area contributed by atoms with Crippen molar-refractivity contribution in [3.05, 3.63) is 23.9 Å². The summed E-state index contributed by atoms with van der Waals surface area (Å²) in [6.07, 6.45) is 4.05. The fourth-order valence-electron chi connectivity index (χ4n) is 3.41. The Labute approximate surface area is 179 Å². The Balaban J connectivity index is 0.00000364. The zero-order valence-electron chi connectivity index (χ0n) is 16.7. The van der Waals surface area contributed by atoms with Gasteiger partial charge in [0.2, 0.25) is 11.8 Å². The molecule has 2 N–H and O–H groups in total. The molecule has 1 aromatic rings. The highest BCUT2D eigenvalue weighted by atomic mass is 127. The lowest BCUT2D eigenvalue weighted by molar-refractivity contribution is -0.138. The molecule has 0 aromatic carbocycles. The van der Waals surface area contributed by atoms with Crippen LogP contribution in [0.3, 0.4) is 0 Å². The summed E-state index contributed by atoms with van der Waals surface area (Å²) in [6.45, 7) is 3.83. The number of hydrogen-bond acceptors (Lipinski definition) is 4. The van der Waals surface area contributed by atoms with Gasteiger partial charge in [0.1, 0.15) is 0 Å². The molecule has 1 amide bonds. The first-order valence-corrected chi connectivity index (χ1v) is 9.24. The first-order valence-electron chi connectivity index (χ1n) is 9.24. The third-order valence-electron chi connectivity index (χ3n) is 4.75. The number of guanidine groups is 1. The molecule has 1 fully saturated rings. The van der Waals surface area contributed by atoms with E-state index in [4.69, 9.17) is 4.74 Å². The number of aliphatic imine (C=N–C) groups is 1. The van der Waals surface area contributed by atoms with Gasteiger partial charge in [-0.15, -0.1) is 24.0 Å². The quantitative estimate of drug-likeness (QED) is 0.350. The van der Waals surface area contributed by atoms with Gasteiger partial charge in [0, 0.05) is 33.3 Å². The van der Waals surface area contributed by atoms with Gasteiger partial charge in [0.05, 0.1) is 24.8 Å². The van der Waals surface area contributed by atoms with Gasteiger partial charge in [-0.25, -0.2) is 9.98 Å². The molecule has 0 atom stereocenters. The molecule has 0 aliphatic heterocycles. The topological polar surface area (TPSA) is 78.9 Å². The second-order valence-electron chi connectivity index (χ2n) is 6.91. The van der Waals surface area contributed by atoms with E-state index in [-0.39, 0.29) is 35.3 Å². The number of ether oxygens (including phenoxy) is 1. The van der Waals surface area contributed by atoms with E-state index in [9.17, 15) is 4.79 Å². The minimum Gasteiger partial charge on any atom is -0.481 e. The van der Waals surface area contributed by atoms with Crippen LogP contribution in [-0.4, -0.2) is 56.0 Å². The van der Waals surface area contributed by atoms with E-state index < -0.39 is 0 Å². The van der Waals surface area contributed by atoms with Crippen LogP contribution in [0.15, 0.2) is 23.2 Å². The van der Waals surface area contributed by atoms with Crippen molar-refractivity contribution < 1.29 is 9.53 Å². The maximum absolute atomic E-state index is 12.7. The van der Waals surface area contributed by atoms with E-state index in [0.29, 0.717) is 24.9 Å². The van der Waals surface area contributed by atoms with Crippen molar-refractivity contribution in [1.29, 1.82) is 0 Å². The van der Waals surface area contributed by atoms with Crippen molar-refractivity contribution in [2.24, 2.45) is 10.4 Å². The normalized spacial score (nSPS) is 15.6. The molecule has 1 aromatic heterocycles. The van der Waals surface area contributed by atoms with Crippen molar-refractivity contribution in [1.82, 2.24) is 20.5 Å². The maximum Gasteiger partial charge on any atom is 0.230 e. The Hall–Kier alpha value is -1.58. The summed E-state index contributed by atoms with van der Waals surface area (Å²) < 4.78 is 5.15. The smallest absolute Gasteiger partial charge is 0.230 e. The number of hydrogen-bond donors (Lipinski definition) is 2.